The number of benzene rings is 1. The van der Waals surface area contributed by atoms with Gasteiger partial charge in [0.25, 0.3) is 0 Å². The predicted molar refractivity (Wildman–Crippen MR) is 89.1 cm³/mol. The number of fused-ring (bicyclic) bond motifs is 1. The van der Waals surface area contributed by atoms with E-state index in [-0.39, 0.29) is 0 Å². The van der Waals surface area contributed by atoms with Crippen molar-refractivity contribution < 1.29 is 0 Å². The molecule has 0 aliphatic heterocycles. The van der Waals surface area contributed by atoms with Crippen LogP contribution in [0.25, 0.3) is 4.96 Å². The number of thiazole rings is 1. The van der Waals surface area contributed by atoms with Crippen molar-refractivity contribution in [3.8, 4) is 0 Å². The van der Waals surface area contributed by atoms with Gasteiger partial charge < -0.3 is 5.32 Å². The molecule has 3 aromatic rings. The maximum atomic E-state index is 4.63. The van der Waals surface area contributed by atoms with Crippen molar-refractivity contribution in [3.63, 3.8) is 0 Å². The largest absolute Gasteiger partial charge is 0.311 e. The molecule has 2 heterocycles. The number of aromatic nitrogens is 2. The Morgan fingerprint density at radius 3 is 2.81 bits per heavy atom. The van der Waals surface area contributed by atoms with Crippen molar-refractivity contribution in [2.24, 2.45) is 0 Å². The highest BCUT2D eigenvalue weighted by Gasteiger charge is 2.11. The number of rotatable bonds is 5. The van der Waals surface area contributed by atoms with Gasteiger partial charge in [-0.05, 0) is 44.9 Å². The third-order valence-corrected chi connectivity index (χ3v) is 4.90. The Kier molecular flexibility index (Phi) is 4.08. The summed E-state index contributed by atoms with van der Waals surface area (Å²) in [7, 11) is 0. The lowest BCUT2D eigenvalue weighted by molar-refractivity contribution is 0.666. The molecule has 3 nitrogen and oxygen atoms in total. The van der Waals surface area contributed by atoms with Crippen molar-refractivity contribution in [1.29, 1.82) is 0 Å². The van der Waals surface area contributed by atoms with Crippen LogP contribution in [0.3, 0.4) is 0 Å². The first kappa shape index (κ1) is 14.3. The molecule has 110 valence electrons. The Balaban J connectivity index is 1.63. The molecule has 0 atom stereocenters. The van der Waals surface area contributed by atoms with E-state index in [1.807, 2.05) is 0 Å². The smallest absolute Gasteiger partial charge is 0.194 e. The van der Waals surface area contributed by atoms with Gasteiger partial charge in [-0.25, -0.2) is 4.98 Å². The number of hydrogen-bond acceptors (Lipinski definition) is 3. The zero-order chi connectivity index (χ0) is 14.8. The van der Waals surface area contributed by atoms with Gasteiger partial charge in [-0.3, -0.25) is 4.40 Å². The number of nitrogens with zero attached hydrogens (tertiary/aromatic N) is 2. The maximum Gasteiger partial charge on any atom is 0.194 e. The molecule has 0 fully saturated rings. The van der Waals surface area contributed by atoms with Crippen LogP contribution in [-0.2, 0) is 13.0 Å². The molecule has 1 aromatic carbocycles. The Morgan fingerprint density at radius 2 is 2.00 bits per heavy atom. The predicted octanol–water partition coefficient (Wildman–Crippen LogP) is 3.65. The molecule has 0 bridgehead atoms. The SMILES string of the molecule is Cc1ccccc1CCNCc1c(C)nc2scc(C)n12. The van der Waals surface area contributed by atoms with E-state index in [2.05, 4.69) is 65.1 Å². The maximum absolute atomic E-state index is 4.63. The van der Waals surface area contributed by atoms with Crippen LogP contribution in [0.5, 0.6) is 0 Å². The summed E-state index contributed by atoms with van der Waals surface area (Å²) < 4.78 is 2.26. The van der Waals surface area contributed by atoms with Crippen molar-refractivity contribution in [1.82, 2.24) is 14.7 Å². The first-order valence-corrected chi connectivity index (χ1v) is 8.22. The highest BCUT2D eigenvalue weighted by molar-refractivity contribution is 7.15. The quantitative estimate of drug-likeness (QED) is 0.729. The Labute approximate surface area is 129 Å². The van der Waals surface area contributed by atoms with Gasteiger partial charge in [-0.1, -0.05) is 24.3 Å². The molecule has 3 rings (SSSR count). The van der Waals surface area contributed by atoms with E-state index >= 15 is 0 Å². The normalized spacial score (nSPS) is 11.4. The van der Waals surface area contributed by atoms with Gasteiger partial charge in [0, 0.05) is 17.6 Å². The molecule has 0 amide bonds. The summed E-state index contributed by atoms with van der Waals surface area (Å²) in [6, 6.07) is 8.59. The Hall–Kier alpha value is -1.65. The Morgan fingerprint density at radius 1 is 1.19 bits per heavy atom. The molecule has 0 aliphatic rings. The third-order valence-electron chi connectivity index (χ3n) is 3.95. The number of aryl methyl sites for hydroxylation is 3. The highest BCUT2D eigenvalue weighted by Crippen LogP contribution is 2.20. The minimum absolute atomic E-state index is 0.871. The minimum Gasteiger partial charge on any atom is -0.311 e. The molecule has 1 N–H and O–H groups in total. The molecule has 4 heteroatoms. The Bertz CT molecular complexity index is 755. The molecule has 2 aromatic heterocycles. The number of nitrogens with one attached hydrogen (secondary N) is 1. The molecular formula is C17H21N3S. The van der Waals surface area contributed by atoms with E-state index < -0.39 is 0 Å². The second-order valence-electron chi connectivity index (χ2n) is 5.49. The average molecular weight is 299 g/mol. The molecule has 0 radical (unpaired) electrons. The van der Waals surface area contributed by atoms with Gasteiger partial charge in [-0.15, -0.1) is 11.3 Å². The molecule has 0 saturated heterocycles. The lowest BCUT2D eigenvalue weighted by atomic mass is 10.1. The average Bonchev–Trinajstić information content (AvgIpc) is 2.97. The summed E-state index contributed by atoms with van der Waals surface area (Å²) in [5.41, 5.74) is 6.48. The van der Waals surface area contributed by atoms with Crippen LogP contribution in [0.15, 0.2) is 29.6 Å². The zero-order valence-corrected chi connectivity index (χ0v) is 13.6. The van der Waals surface area contributed by atoms with Crippen molar-refractivity contribution in [2.75, 3.05) is 6.54 Å². The minimum atomic E-state index is 0.871. The standard InChI is InChI=1S/C17H21N3S/c1-12-6-4-5-7-15(12)8-9-18-10-16-14(3)19-17-20(16)13(2)11-21-17/h4-7,11,18H,8-10H2,1-3H3. The first-order valence-electron chi connectivity index (χ1n) is 7.34. The van der Waals surface area contributed by atoms with Crippen LogP contribution in [0.2, 0.25) is 0 Å². The summed E-state index contributed by atoms with van der Waals surface area (Å²) in [4.78, 5) is 5.72. The van der Waals surface area contributed by atoms with Gasteiger partial charge in [0.2, 0.25) is 0 Å². The van der Waals surface area contributed by atoms with E-state index in [0.717, 1.165) is 30.2 Å². The molecule has 0 unspecified atom stereocenters. The second-order valence-corrected chi connectivity index (χ2v) is 6.33. The molecule has 0 saturated carbocycles. The van der Waals surface area contributed by atoms with E-state index in [1.54, 1.807) is 11.3 Å². The van der Waals surface area contributed by atoms with Crippen LogP contribution in [0.4, 0.5) is 0 Å². The van der Waals surface area contributed by atoms with Crippen LogP contribution < -0.4 is 5.32 Å². The second kappa shape index (κ2) is 6.00. The van der Waals surface area contributed by atoms with Gasteiger partial charge in [0.15, 0.2) is 4.96 Å². The van der Waals surface area contributed by atoms with E-state index in [9.17, 15) is 0 Å². The van der Waals surface area contributed by atoms with E-state index in [0.29, 0.717) is 0 Å². The molecule has 0 spiro atoms. The van der Waals surface area contributed by atoms with Crippen molar-refractivity contribution >= 4 is 16.3 Å². The van der Waals surface area contributed by atoms with Crippen LogP contribution >= 0.6 is 11.3 Å². The van der Waals surface area contributed by atoms with Crippen LogP contribution in [0, 0.1) is 20.8 Å². The van der Waals surface area contributed by atoms with Gasteiger partial charge >= 0.3 is 0 Å². The lowest BCUT2D eigenvalue weighted by Gasteiger charge is -2.08. The van der Waals surface area contributed by atoms with Gasteiger partial charge in [0.05, 0.1) is 11.4 Å². The van der Waals surface area contributed by atoms with Crippen molar-refractivity contribution in [3.05, 3.63) is 57.9 Å². The fraction of sp³-hybridized carbons (Fsp3) is 0.353. The summed E-state index contributed by atoms with van der Waals surface area (Å²) in [5.74, 6) is 0. The number of hydrogen-bond donors (Lipinski definition) is 1. The third kappa shape index (κ3) is 2.87. The van der Waals surface area contributed by atoms with Crippen LogP contribution in [0.1, 0.15) is 28.2 Å². The molecular weight excluding hydrogens is 278 g/mol. The fourth-order valence-corrected chi connectivity index (χ4v) is 3.63. The van der Waals surface area contributed by atoms with Crippen LogP contribution in [-0.4, -0.2) is 15.9 Å². The fourth-order valence-electron chi connectivity index (χ4n) is 2.70. The van der Waals surface area contributed by atoms with Gasteiger partial charge in [-0.2, -0.15) is 0 Å². The number of imidazole rings is 1. The summed E-state index contributed by atoms with van der Waals surface area (Å²) in [6.07, 6.45) is 1.07. The summed E-state index contributed by atoms with van der Waals surface area (Å²) >= 11 is 1.71. The monoisotopic (exact) mass is 299 g/mol. The highest BCUT2D eigenvalue weighted by atomic mass is 32.1. The summed E-state index contributed by atoms with van der Waals surface area (Å²) in [5, 5.41) is 5.72. The van der Waals surface area contributed by atoms with E-state index in [1.165, 1.54) is 22.5 Å². The van der Waals surface area contributed by atoms with Gasteiger partial charge in [0.1, 0.15) is 0 Å². The van der Waals surface area contributed by atoms with Crippen molar-refractivity contribution in [2.45, 2.75) is 33.7 Å². The zero-order valence-electron chi connectivity index (χ0n) is 12.8. The summed E-state index contributed by atoms with van der Waals surface area (Å²) in [6.45, 7) is 8.27. The van der Waals surface area contributed by atoms with E-state index in [4.69, 9.17) is 0 Å². The first-order chi connectivity index (χ1) is 10.2. The topological polar surface area (TPSA) is 29.3 Å². The molecule has 0 aliphatic carbocycles. The molecule has 21 heavy (non-hydrogen) atoms. The lowest BCUT2D eigenvalue weighted by Crippen LogP contribution is -2.18.